The molecular formula is C13H6FN3. The molecule has 2 aromatic rings. The SMILES string of the molecule is N#Cc1cc(-c2ncccc2C#N)ccc1F. The molecule has 0 aliphatic rings. The number of hydrogen-bond acceptors (Lipinski definition) is 3. The van der Waals surface area contributed by atoms with E-state index in [0.717, 1.165) is 0 Å². The summed E-state index contributed by atoms with van der Waals surface area (Å²) in [6, 6.07) is 11.1. The summed E-state index contributed by atoms with van der Waals surface area (Å²) in [6.45, 7) is 0. The lowest BCUT2D eigenvalue weighted by molar-refractivity contribution is 0.624. The van der Waals surface area contributed by atoms with Crippen molar-refractivity contribution < 1.29 is 4.39 Å². The molecule has 0 amide bonds. The number of aromatic nitrogens is 1. The molecule has 1 aromatic heterocycles. The Morgan fingerprint density at radius 3 is 2.53 bits per heavy atom. The summed E-state index contributed by atoms with van der Waals surface area (Å²) in [7, 11) is 0. The lowest BCUT2D eigenvalue weighted by Crippen LogP contribution is -1.91. The third-order valence-corrected chi connectivity index (χ3v) is 2.29. The van der Waals surface area contributed by atoms with Crippen molar-refractivity contribution in [1.82, 2.24) is 4.98 Å². The molecule has 1 heterocycles. The first kappa shape index (κ1) is 10.8. The van der Waals surface area contributed by atoms with Crippen LogP contribution < -0.4 is 0 Å². The van der Waals surface area contributed by atoms with Crippen LogP contribution in [0.25, 0.3) is 11.3 Å². The van der Waals surface area contributed by atoms with Gasteiger partial charge in [-0.05, 0) is 30.3 Å². The first-order valence-corrected chi connectivity index (χ1v) is 4.81. The molecule has 0 aliphatic carbocycles. The van der Waals surface area contributed by atoms with Crippen LogP contribution in [0.1, 0.15) is 11.1 Å². The van der Waals surface area contributed by atoms with Gasteiger partial charge in [-0.3, -0.25) is 4.98 Å². The van der Waals surface area contributed by atoms with Crippen LogP contribution in [0.2, 0.25) is 0 Å². The van der Waals surface area contributed by atoms with Gasteiger partial charge in [0.25, 0.3) is 0 Å². The molecule has 3 nitrogen and oxygen atoms in total. The smallest absolute Gasteiger partial charge is 0.140 e. The molecule has 80 valence electrons. The molecule has 0 saturated carbocycles. The predicted octanol–water partition coefficient (Wildman–Crippen LogP) is 2.63. The molecule has 2 rings (SSSR count). The van der Waals surface area contributed by atoms with Gasteiger partial charge in [-0.25, -0.2) is 4.39 Å². The first-order valence-electron chi connectivity index (χ1n) is 4.81. The summed E-state index contributed by atoms with van der Waals surface area (Å²) in [5.41, 5.74) is 1.34. The van der Waals surface area contributed by atoms with Gasteiger partial charge >= 0.3 is 0 Å². The number of nitriles is 2. The normalized spacial score (nSPS) is 9.35. The second-order valence-electron chi connectivity index (χ2n) is 3.32. The van der Waals surface area contributed by atoms with E-state index in [-0.39, 0.29) is 5.56 Å². The zero-order valence-corrected chi connectivity index (χ0v) is 8.68. The van der Waals surface area contributed by atoms with Crippen molar-refractivity contribution in [3.05, 3.63) is 53.5 Å². The minimum Gasteiger partial charge on any atom is -0.255 e. The van der Waals surface area contributed by atoms with Crippen LogP contribution in [0, 0.1) is 28.5 Å². The van der Waals surface area contributed by atoms with Crippen LogP contribution in [0.15, 0.2) is 36.5 Å². The molecule has 0 aliphatic heterocycles. The van der Waals surface area contributed by atoms with Crippen LogP contribution in [0.3, 0.4) is 0 Å². The molecule has 0 bridgehead atoms. The topological polar surface area (TPSA) is 60.5 Å². The van der Waals surface area contributed by atoms with Crippen molar-refractivity contribution in [1.29, 1.82) is 10.5 Å². The van der Waals surface area contributed by atoms with E-state index in [0.29, 0.717) is 16.8 Å². The maximum atomic E-state index is 13.2. The number of rotatable bonds is 1. The zero-order valence-electron chi connectivity index (χ0n) is 8.68. The highest BCUT2D eigenvalue weighted by molar-refractivity contribution is 5.67. The van der Waals surface area contributed by atoms with Gasteiger partial charge in [-0.1, -0.05) is 0 Å². The van der Waals surface area contributed by atoms with Gasteiger partial charge in [-0.15, -0.1) is 0 Å². The van der Waals surface area contributed by atoms with Crippen LogP contribution in [0.4, 0.5) is 4.39 Å². The second kappa shape index (κ2) is 4.42. The minimum absolute atomic E-state index is 0.0583. The van der Waals surface area contributed by atoms with Crippen LogP contribution in [0.5, 0.6) is 0 Å². The second-order valence-corrected chi connectivity index (χ2v) is 3.32. The Bertz CT molecular complexity index is 650. The number of halogens is 1. The molecule has 0 atom stereocenters. The fourth-order valence-corrected chi connectivity index (χ4v) is 1.48. The lowest BCUT2D eigenvalue weighted by Gasteiger charge is -2.03. The van der Waals surface area contributed by atoms with Gasteiger partial charge in [0.05, 0.1) is 16.8 Å². The third kappa shape index (κ3) is 1.97. The van der Waals surface area contributed by atoms with E-state index in [2.05, 4.69) is 4.98 Å². The Hall–Kier alpha value is -2.72. The average Bonchev–Trinajstić information content (AvgIpc) is 2.39. The van der Waals surface area contributed by atoms with Crippen LogP contribution in [-0.4, -0.2) is 4.98 Å². The van der Waals surface area contributed by atoms with Gasteiger partial charge in [0, 0.05) is 11.8 Å². The van der Waals surface area contributed by atoms with Gasteiger partial charge in [0.1, 0.15) is 18.0 Å². The molecule has 17 heavy (non-hydrogen) atoms. The Morgan fingerprint density at radius 1 is 1.06 bits per heavy atom. The largest absolute Gasteiger partial charge is 0.255 e. The highest BCUT2D eigenvalue weighted by Crippen LogP contribution is 2.22. The molecule has 0 unspecified atom stereocenters. The molecule has 4 heteroatoms. The molecule has 0 spiro atoms. The van der Waals surface area contributed by atoms with Crippen molar-refractivity contribution in [3.63, 3.8) is 0 Å². The maximum absolute atomic E-state index is 13.2. The summed E-state index contributed by atoms with van der Waals surface area (Å²) in [6.07, 6.45) is 1.55. The third-order valence-electron chi connectivity index (χ3n) is 2.29. The van der Waals surface area contributed by atoms with Crippen molar-refractivity contribution in [2.24, 2.45) is 0 Å². The lowest BCUT2D eigenvalue weighted by atomic mass is 10.0. The van der Waals surface area contributed by atoms with Crippen LogP contribution >= 0.6 is 0 Å². The van der Waals surface area contributed by atoms with E-state index in [9.17, 15) is 4.39 Å². The van der Waals surface area contributed by atoms with Gasteiger partial charge in [0.15, 0.2) is 0 Å². The van der Waals surface area contributed by atoms with Crippen molar-refractivity contribution in [3.8, 4) is 23.4 Å². The highest BCUT2D eigenvalue weighted by Gasteiger charge is 2.08. The number of benzene rings is 1. The predicted molar refractivity (Wildman–Crippen MR) is 59.1 cm³/mol. The van der Waals surface area contributed by atoms with E-state index in [1.54, 1.807) is 24.4 Å². The fourth-order valence-electron chi connectivity index (χ4n) is 1.48. The van der Waals surface area contributed by atoms with Crippen LogP contribution in [-0.2, 0) is 0 Å². The summed E-state index contributed by atoms with van der Waals surface area (Å²) in [5, 5.41) is 17.7. The molecule has 0 fully saturated rings. The number of nitrogens with zero attached hydrogens (tertiary/aromatic N) is 3. The highest BCUT2D eigenvalue weighted by atomic mass is 19.1. The van der Waals surface area contributed by atoms with E-state index < -0.39 is 5.82 Å². The fraction of sp³-hybridized carbons (Fsp3) is 0. The maximum Gasteiger partial charge on any atom is 0.140 e. The Labute approximate surface area is 97.4 Å². The van der Waals surface area contributed by atoms with E-state index >= 15 is 0 Å². The summed E-state index contributed by atoms with van der Waals surface area (Å²) >= 11 is 0. The van der Waals surface area contributed by atoms with E-state index in [1.807, 2.05) is 6.07 Å². The monoisotopic (exact) mass is 223 g/mol. The Morgan fingerprint density at radius 2 is 1.82 bits per heavy atom. The molecule has 0 N–H and O–H groups in total. The van der Waals surface area contributed by atoms with Gasteiger partial charge in [-0.2, -0.15) is 10.5 Å². The minimum atomic E-state index is -0.578. The standard InChI is InChI=1S/C13H6FN3/c14-12-4-3-9(6-11(12)8-16)13-10(7-15)2-1-5-17-13/h1-6H. The van der Waals surface area contributed by atoms with Crippen molar-refractivity contribution in [2.75, 3.05) is 0 Å². The summed E-state index contributed by atoms with van der Waals surface area (Å²) in [5.74, 6) is -0.578. The zero-order chi connectivity index (χ0) is 12.3. The van der Waals surface area contributed by atoms with Gasteiger partial charge < -0.3 is 0 Å². The molecule has 1 aromatic carbocycles. The first-order chi connectivity index (χ1) is 8.26. The van der Waals surface area contributed by atoms with Crippen molar-refractivity contribution in [2.45, 2.75) is 0 Å². The average molecular weight is 223 g/mol. The molecular weight excluding hydrogens is 217 g/mol. The Balaban J connectivity index is 2.63. The summed E-state index contributed by atoms with van der Waals surface area (Å²) < 4.78 is 13.2. The quantitative estimate of drug-likeness (QED) is 0.746. The number of hydrogen-bond donors (Lipinski definition) is 0. The van der Waals surface area contributed by atoms with E-state index in [1.165, 1.54) is 18.2 Å². The Kier molecular flexibility index (Phi) is 2.81. The summed E-state index contributed by atoms with van der Waals surface area (Å²) in [4.78, 5) is 4.07. The van der Waals surface area contributed by atoms with E-state index in [4.69, 9.17) is 10.5 Å². The van der Waals surface area contributed by atoms with Gasteiger partial charge in [0.2, 0.25) is 0 Å². The van der Waals surface area contributed by atoms with Crippen molar-refractivity contribution >= 4 is 0 Å². The molecule has 0 saturated heterocycles. The number of pyridine rings is 1. The molecule has 0 radical (unpaired) electrons.